The molecule has 0 aromatic heterocycles. The normalized spacial score (nSPS) is 20.7. The molecule has 4 rings (SSSR count). The van der Waals surface area contributed by atoms with Gasteiger partial charge in [0.05, 0.1) is 29.8 Å². The molecular formula is C28H29F6N2OP. The molecule has 0 amide bonds. The number of alkyl halides is 6. The molecule has 0 saturated carbocycles. The van der Waals surface area contributed by atoms with Gasteiger partial charge in [-0.1, -0.05) is 61.5 Å². The number of halogens is 6. The Morgan fingerprint density at radius 2 is 1.21 bits per heavy atom. The maximum atomic E-state index is 13.5. The van der Waals surface area contributed by atoms with E-state index in [0.717, 1.165) is 24.3 Å². The third-order valence-corrected chi connectivity index (χ3v) is 8.87. The first-order valence-electron chi connectivity index (χ1n) is 12.2. The first-order chi connectivity index (χ1) is 17.9. The van der Waals surface area contributed by atoms with E-state index in [1.165, 1.54) is 17.7 Å². The smallest absolute Gasteiger partial charge is 0.331 e. The van der Waals surface area contributed by atoms with Gasteiger partial charge in [-0.2, -0.15) is 26.3 Å². The minimum absolute atomic E-state index is 0.225. The summed E-state index contributed by atoms with van der Waals surface area (Å²) in [4.78, 5) is 0. The summed E-state index contributed by atoms with van der Waals surface area (Å²) < 4.78 is 91.1. The summed E-state index contributed by atoms with van der Waals surface area (Å²) in [6.07, 6.45) is -8.37. The lowest BCUT2D eigenvalue weighted by Crippen LogP contribution is -2.22. The molecule has 3 aromatic rings. The van der Waals surface area contributed by atoms with Gasteiger partial charge in [-0.15, -0.1) is 0 Å². The van der Waals surface area contributed by atoms with E-state index in [-0.39, 0.29) is 5.92 Å². The van der Waals surface area contributed by atoms with Crippen LogP contribution in [0.2, 0.25) is 0 Å². The first-order valence-corrected chi connectivity index (χ1v) is 13.3. The second-order valence-electron chi connectivity index (χ2n) is 9.47. The number of nitrogens with zero attached hydrogens (tertiary/aromatic N) is 2. The topological polar surface area (TPSA) is 15.7 Å². The van der Waals surface area contributed by atoms with Crippen molar-refractivity contribution < 1.29 is 30.9 Å². The molecule has 0 N–H and O–H groups in total. The van der Waals surface area contributed by atoms with E-state index in [0.29, 0.717) is 24.2 Å². The van der Waals surface area contributed by atoms with Crippen LogP contribution in [0.4, 0.5) is 26.3 Å². The molecule has 38 heavy (non-hydrogen) atoms. The van der Waals surface area contributed by atoms with Crippen molar-refractivity contribution in [3.63, 3.8) is 0 Å². The first kappa shape index (κ1) is 28.6. The Bertz CT molecular complexity index is 1150. The van der Waals surface area contributed by atoms with Crippen LogP contribution >= 0.6 is 8.45 Å². The second-order valence-corrected chi connectivity index (χ2v) is 11.5. The summed E-state index contributed by atoms with van der Waals surface area (Å²) in [5, 5.41) is 0. The predicted molar refractivity (Wildman–Crippen MR) is 136 cm³/mol. The van der Waals surface area contributed by atoms with E-state index in [2.05, 4.69) is 6.92 Å². The molecule has 0 aliphatic carbocycles. The van der Waals surface area contributed by atoms with Crippen molar-refractivity contribution in [2.24, 2.45) is 0 Å². The lowest BCUT2D eigenvalue weighted by atomic mass is 9.91. The van der Waals surface area contributed by atoms with Crippen LogP contribution < -0.4 is 0 Å². The SMILES string of the molecule is CC(CCOP1N(C)[C@@H](c2cccc(C(F)(F)F)c2)[C@H](c2cccc(C(F)(F)F)c2)N1C)c1ccccc1. The molecule has 0 spiro atoms. The zero-order valence-corrected chi connectivity index (χ0v) is 22.1. The summed E-state index contributed by atoms with van der Waals surface area (Å²) in [5.41, 5.74) is 0.289. The van der Waals surface area contributed by atoms with E-state index >= 15 is 0 Å². The fraction of sp³-hybridized carbons (Fsp3) is 0.357. The van der Waals surface area contributed by atoms with Gasteiger partial charge < -0.3 is 4.52 Å². The van der Waals surface area contributed by atoms with E-state index in [1.807, 2.05) is 39.7 Å². The highest BCUT2D eigenvalue weighted by atomic mass is 31.2. The van der Waals surface area contributed by atoms with Gasteiger partial charge in [0.25, 0.3) is 0 Å². The minimum Gasteiger partial charge on any atom is -0.331 e. The lowest BCUT2D eigenvalue weighted by molar-refractivity contribution is -0.138. The van der Waals surface area contributed by atoms with E-state index < -0.39 is 44.0 Å². The van der Waals surface area contributed by atoms with Crippen LogP contribution in [0.3, 0.4) is 0 Å². The number of hydrogen-bond donors (Lipinski definition) is 0. The highest BCUT2D eigenvalue weighted by Gasteiger charge is 2.47. The van der Waals surface area contributed by atoms with E-state index in [4.69, 9.17) is 4.52 Å². The molecule has 3 aromatic carbocycles. The number of likely N-dealkylation sites (N-methyl/N-ethyl adjacent to an activating group) is 2. The summed E-state index contributed by atoms with van der Waals surface area (Å²) >= 11 is 0. The molecule has 10 heteroatoms. The minimum atomic E-state index is -4.54. The predicted octanol–water partition coefficient (Wildman–Crippen LogP) is 8.82. The van der Waals surface area contributed by atoms with Crippen molar-refractivity contribution >= 4 is 8.45 Å². The van der Waals surface area contributed by atoms with Gasteiger partial charge in [0.15, 0.2) is 8.45 Å². The van der Waals surface area contributed by atoms with Crippen LogP contribution in [-0.4, -0.2) is 30.0 Å². The van der Waals surface area contributed by atoms with Gasteiger partial charge in [-0.3, -0.25) is 0 Å². The lowest BCUT2D eigenvalue weighted by Gasteiger charge is -2.27. The van der Waals surface area contributed by atoms with Crippen LogP contribution in [0.5, 0.6) is 0 Å². The van der Waals surface area contributed by atoms with Crippen molar-refractivity contribution in [1.29, 1.82) is 0 Å². The Hall–Kier alpha value is -2.45. The molecule has 1 aliphatic rings. The van der Waals surface area contributed by atoms with Gasteiger partial charge in [-0.25, -0.2) is 9.34 Å². The average molecular weight is 555 g/mol. The van der Waals surface area contributed by atoms with Crippen molar-refractivity contribution in [2.75, 3.05) is 20.7 Å². The largest absolute Gasteiger partial charge is 0.416 e. The van der Waals surface area contributed by atoms with Crippen LogP contribution in [0.15, 0.2) is 78.9 Å². The molecular weight excluding hydrogens is 525 g/mol. The van der Waals surface area contributed by atoms with Gasteiger partial charge in [0, 0.05) is 0 Å². The fourth-order valence-corrected chi connectivity index (χ4v) is 6.90. The molecule has 0 bridgehead atoms. The summed E-state index contributed by atoms with van der Waals surface area (Å²) in [6.45, 7) is 2.48. The third kappa shape index (κ3) is 6.23. The second kappa shape index (κ2) is 11.3. The number of benzene rings is 3. The molecule has 1 heterocycles. The Morgan fingerprint density at radius 1 is 0.737 bits per heavy atom. The molecule has 3 nitrogen and oxygen atoms in total. The molecule has 1 unspecified atom stereocenters. The molecule has 0 radical (unpaired) electrons. The number of hydrogen-bond acceptors (Lipinski definition) is 3. The zero-order valence-electron chi connectivity index (χ0n) is 21.2. The molecule has 3 atom stereocenters. The molecule has 1 saturated heterocycles. The van der Waals surface area contributed by atoms with Crippen LogP contribution in [0.25, 0.3) is 0 Å². The van der Waals surface area contributed by atoms with Crippen molar-refractivity contribution in [3.8, 4) is 0 Å². The summed E-state index contributed by atoms with van der Waals surface area (Å²) in [5.74, 6) is 0.225. The van der Waals surface area contributed by atoms with Crippen LogP contribution in [-0.2, 0) is 16.9 Å². The van der Waals surface area contributed by atoms with Gasteiger partial charge in [0.1, 0.15) is 0 Å². The van der Waals surface area contributed by atoms with Crippen LogP contribution in [0, 0.1) is 0 Å². The average Bonchev–Trinajstić information content (AvgIpc) is 3.13. The fourth-order valence-electron chi connectivity index (χ4n) is 4.88. The third-order valence-electron chi connectivity index (χ3n) is 6.88. The number of rotatable bonds is 7. The highest BCUT2D eigenvalue weighted by molar-refractivity contribution is 7.47. The Morgan fingerprint density at radius 3 is 1.66 bits per heavy atom. The maximum absolute atomic E-state index is 13.5. The standard InChI is InChI=1S/C28H29F6N2OP/c1-19(20-9-5-4-6-10-20)15-16-37-38-35(2)25(21-11-7-13-23(17-21)27(29,30)31)26(36(38)3)22-12-8-14-24(18-22)28(32,33)34/h4-14,17-19,25-26H,15-16H2,1-3H3/t19?,25-,26-/m0/s1. The van der Waals surface area contributed by atoms with Gasteiger partial charge in [0.2, 0.25) is 0 Å². The highest BCUT2D eigenvalue weighted by Crippen LogP contribution is 2.63. The summed E-state index contributed by atoms with van der Waals surface area (Å²) in [7, 11) is 2.04. The zero-order chi connectivity index (χ0) is 27.7. The maximum Gasteiger partial charge on any atom is 0.416 e. The monoisotopic (exact) mass is 554 g/mol. The Balaban J connectivity index is 1.65. The van der Waals surface area contributed by atoms with Crippen molar-refractivity contribution in [3.05, 3.63) is 107 Å². The van der Waals surface area contributed by atoms with Crippen molar-refractivity contribution in [2.45, 2.75) is 43.7 Å². The molecule has 1 fully saturated rings. The summed E-state index contributed by atoms with van der Waals surface area (Å²) in [6, 6.07) is 18.6. The molecule has 1 aliphatic heterocycles. The van der Waals surface area contributed by atoms with Crippen LogP contribution in [0.1, 0.15) is 59.2 Å². The van der Waals surface area contributed by atoms with E-state index in [9.17, 15) is 26.3 Å². The Kier molecular flexibility index (Phi) is 8.52. The van der Waals surface area contributed by atoms with Crippen molar-refractivity contribution in [1.82, 2.24) is 9.34 Å². The quantitative estimate of drug-likeness (QED) is 0.214. The molecule has 204 valence electrons. The van der Waals surface area contributed by atoms with E-state index in [1.54, 1.807) is 26.2 Å². The van der Waals surface area contributed by atoms with Gasteiger partial charge >= 0.3 is 12.4 Å². The Labute approximate surface area is 220 Å². The van der Waals surface area contributed by atoms with Gasteiger partial charge in [-0.05, 0) is 67.4 Å².